The van der Waals surface area contributed by atoms with E-state index in [-0.39, 0.29) is 36.7 Å². The summed E-state index contributed by atoms with van der Waals surface area (Å²) in [7, 11) is 0. The molecule has 102 valence electrons. The number of hydrogen-bond donors (Lipinski definition) is 1. The van der Waals surface area contributed by atoms with E-state index >= 15 is 0 Å². The maximum absolute atomic E-state index is 12.3. The first-order valence-corrected chi connectivity index (χ1v) is 6.63. The van der Waals surface area contributed by atoms with Crippen LogP contribution in [0, 0.1) is 5.92 Å². The zero-order valence-corrected chi connectivity index (χ0v) is 11.1. The molecule has 0 saturated carbocycles. The molecule has 0 spiro atoms. The summed E-state index contributed by atoms with van der Waals surface area (Å²) in [6.07, 6.45) is 0.863. The molecular weight excluding hydrogens is 242 g/mol. The number of carbonyl (C=O) groups is 2. The zero-order valence-electron chi connectivity index (χ0n) is 11.1. The molecule has 0 radical (unpaired) electrons. The number of benzene rings is 1. The van der Waals surface area contributed by atoms with Crippen LogP contribution in [0.3, 0.4) is 0 Å². The van der Waals surface area contributed by atoms with Gasteiger partial charge in [-0.1, -0.05) is 37.3 Å². The Morgan fingerprint density at radius 2 is 2.00 bits per heavy atom. The molecule has 4 heteroatoms. The van der Waals surface area contributed by atoms with Gasteiger partial charge in [-0.05, 0) is 17.9 Å². The number of hydrogen-bond acceptors (Lipinski definition) is 3. The van der Waals surface area contributed by atoms with Gasteiger partial charge < -0.3 is 5.11 Å². The molecular formula is C15H19NO3. The van der Waals surface area contributed by atoms with E-state index in [1.807, 2.05) is 37.3 Å². The minimum Gasteiger partial charge on any atom is -0.396 e. The van der Waals surface area contributed by atoms with Crippen molar-refractivity contribution in [3.63, 3.8) is 0 Å². The third-order valence-corrected chi connectivity index (χ3v) is 3.56. The van der Waals surface area contributed by atoms with Gasteiger partial charge in [-0.3, -0.25) is 14.5 Å². The van der Waals surface area contributed by atoms with E-state index in [1.54, 1.807) is 0 Å². The van der Waals surface area contributed by atoms with E-state index in [2.05, 4.69) is 0 Å². The number of amides is 2. The molecule has 1 aromatic rings. The molecule has 2 atom stereocenters. The summed E-state index contributed by atoms with van der Waals surface area (Å²) >= 11 is 0. The molecule has 19 heavy (non-hydrogen) atoms. The molecule has 1 N–H and O–H groups in total. The Bertz CT molecular complexity index is 458. The maximum Gasteiger partial charge on any atom is 0.237 e. The normalized spacial score (nSPS) is 20.9. The average molecular weight is 261 g/mol. The molecule has 0 aromatic heterocycles. The number of rotatable bonds is 5. The molecule has 4 nitrogen and oxygen atoms in total. The SMILES string of the molecule is CC(CCO)CN1C(=O)CC(c2ccccc2)C1=O. The molecule has 1 aliphatic heterocycles. The van der Waals surface area contributed by atoms with Crippen molar-refractivity contribution in [3.05, 3.63) is 35.9 Å². The molecule has 1 fully saturated rings. The van der Waals surface area contributed by atoms with Crippen molar-refractivity contribution in [1.29, 1.82) is 0 Å². The van der Waals surface area contributed by atoms with E-state index in [0.717, 1.165) is 5.56 Å². The fraction of sp³-hybridized carbons (Fsp3) is 0.467. The van der Waals surface area contributed by atoms with Crippen LogP contribution in [0.5, 0.6) is 0 Å². The van der Waals surface area contributed by atoms with Gasteiger partial charge in [0, 0.05) is 19.6 Å². The molecule has 1 saturated heterocycles. The number of aliphatic hydroxyl groups is 1. The van der Waals surface area contributed by atoms with Crippen molar-refractivity contribution in [2.75, 3.05) is 13.2 Å². The van der Waals surface area contributed by atoms with Crippen molar-refractivity contribution in [2.45, 2.75) is 25.7 Å². The number of nitrogens with zero attached hydrogens (tertiary/aromatic N) is 1. The van der Waals surface area contributed by atoms with Gasteiger partial charge in [-0.25, -0.2) is 0 Å². The van der Waals surface area contributed by atoms with Crippen molar-refractivity contribution in [3.8, 4) is 0 Å². The van der Waals surface area contributed by atoms with Crippen LogP contribution in [0.2, 0.25) is 0 Å². The summed E-state index contributed by atoms with van der Waals surface area (Å²) in [6, 6.07) is 9.42. The van der Waals surface area contributed by atoms with E-state index < -0.39 is 0 Å². The highest BCUT2D eigenvalue weighted by Gasteiger charge is 2.39. The summed E-state index contributed by atoms with van der Waals surface area (Å²) < 4.78 is 0. The Morgan fingerprint density at radius 1 is 1.32 bits per heavy atom. The molecule has 0 bridgehead atoms. The first-order chi connectivity index (χ1) is 9.13. The highest BCUT2D eigenvalue weighted by atomic mass is 16.3. The van der Waals surface area contributed by atoms with Crippen molar-refractivity contribution in [1.82, 2.24) is 4.90 Å². The Balaban J connectivity index is 2.08. The minimum absolute atomic E-state index is 0.0828. The number of likely N-dealkylation sites (tertiary alicyclic amines) is 1. The lowest BCUT2D eigenvalue weighted by Gasteiger charge is -2.19. The first kappa shape index (κ1) is 13.7. The molecule has 1 heterocycles. The third kappa shape index (κ3) is 3.01. The Hall–Kier alpha value is -1.68. The van der Waals surface area contributed by atoms with Gasteiger partial charge in [0.1, 0.15) is 0 Å². The lowest BCUT2D eigenvalue weighted by molar-refractivity contribution is -0.139. The second kappa shape index (κ2) is 5.97. The van der Waals surface area contributed by atoms with Gasteiger partial charge in [-0.15, -0.1) is 0 Å². The lowest BCUT2D eigenvalue weighted by Crippen LogP contribution is -2.34. The van der Waals surface area contributed by atoms with Gasteiger partial charge in [0.15, 0.2) is 0 Å². The van der Waals surface area contributed by atoms with E-state index in [9.17, 15) is 9.59 Å². The standard InChI is InChI=1S/C15H19NO3/c1-11(7-8-17)10-16-14(18)9-13(15(16)19)12-5-3-2-4-6-12/h2-6,11,13,17H,7-10H2,1H3. The van der Waals surface area contributed by atoms with Crippen LogP contribution >= 0.6 is 0 Å². The highest BCUT2D eigenvalue weighted by Crippen LogP contribution is 2.30. The van der Waals surface area contributed by atoms with Gasteiger partial charge in [-0.2, -0.15) is 0 Å². The van der Waals surface area contributed by atoms with Crippen molar-refractivity contribution >= 4 is 11.8 Å². The third-order valence-electron chi connectivity index (χ3n) is 3.56. The topological polar surface area (TPSA) is 57.6 Å². The monoisotopic (exact) mass is 261 g/mol. The largest absolute Gasteiger partial charge is 0.396 e. The van der Waals surface area contributed by atoms with Crippen LogP contribution in [-0.2, 0) is 9.59 Å². The predicted octanol–water partition coefficient (Wildman–Crippen LogP) is 1.55. The van der Waals surface area contributed by atoms with Gasteiger partial charge >= 0.3 is 0 Å². The fourth-order valence-electron chi connectivity index (χ4n) is 2.44. The summed E-state index contributed by atoms with van der Waals surface area (Å²) in [5.74, 6) is -0.424. The Kier molecular flexibility index (Phi) is 4.32. The number of carbonyl (C=O) groups excluding carboxylic acids is 2. The molecule has 1 aliphatic rings. The fourth-order valence-corrected chi connectivity index (χ4v) is 2.44. The molecule has 2 unspecified atom stereocenters. The molecule has 0 aliphatic carbocycles. The Morgan fingerprint density at radius 3 is 2.63 bits per heavy atom. The van der Waals surface area contributed by atoms with Crippen LogP contribution in [-0.4, -0.2) is 35.0 Å². The Labute approximate surface area is 113 Å². The number of imide groups is 1. The van der Waals surface area contributed by atoms with Crippen LogP contribution in [0.15, 0.2) is 30.3 Å². The summed E-state index contributed by atoms with van der Waals surface area (Å²) in [5, 5.41) is 8.88. The quantitative estimate of drug-likeness (QED) is 0.818. The molecule has 2 amide bonds. The maximum atomic E-state index is 12.3. The van der Waals surface area contributed by atoms with Crippen LogP contribution in [0.4, 0.5) is 0 Å². The van der Waals surface area contributed by atoms with E-state index in [0.29, 0.717) is 13.0 Å². The first-order valence-electron chi connectivity index (χ1n) is 6.63. The highest BCUT2D eigenvalue weighted by molar-refractivity contribution is 6.06. The lowest BCUT2D eigenvalue weighted by atomic mass is 9.98. The summed E-state index contributed by atoms with van der Waals surface area (Å²) in [6.45, 7) is 2.42. The number of aliphatic hydroxyl groups excluding tert-OH is 1. The van der Waals surface area contributed by atoms with Crippen LogP contribution < -0.4 is 0 Å². The van der Waals surface area contributed by atoms with Crippen LogP contribution in [0.25, 0.3) is 0 Å². The van der Waals surface area contributed by atoms with E-state index in [1.165, 1.54) is 4.90 Å². The zero-order chi connectivity index (χ0) is 13.8. The van der Waals surface area contributed by atoms with Crippen LogP contribution in [0.1, 0.15) is 31.2 Å². The minimum atomic E-state index is -0.338. The smallest absolute Gasteiger partial charge is 0.237 e. The molecule has 2 rings (SSSR count). The van der Waals surface area contributed by atoms with E-state index in [4.69, 9.17) is 5.11 Å². The van der Waals surface area contributed by atoms with Gasteiger partial charge in [0.05, 0.1) is 5.92 Å². The second-order valence-electron chi connectivity index (χ2n) is 5.13. The predicted molar refractivity (Wildman–Crippen MR) is 71.4 cm³/mol. The van der Waals surface area contributed by atoms with Gasteiger partial charge in [0.25, 0.3) is 0 Å². The van der Waals surface area contributed by atoms with Gasteiger partial charge in [0.2, 0.25) is 11.8 Å². The second-order valence-corrected chi connectivity index (χ2v) is 5.13. The van der Waals surface area contributed by atoms with Crippen molar-refractivity contribution < 1.29 is 14.7 Å². The summed E-state index contributed by atoms with van der Waals surface area (Å²) in [5.41, 5.74) is 0.901. The summed E-state index contributed by atoms with van der Waals surface area (Å²) in [4.78, 5) is 25.6. The molecule has 1 aromatic carbocycles. The average Bonchev–Trinajstić information content (AvgIpc) is 2.68. The van der Waals surface area contributed by atoms with Crippen molar-refractivity contribution in [2.24, 2.45) is 5.92 Å².